The molecule has 33 heavy (non-hydrogen) atoms. The number of carbonyl (C=O) groups is 1. The van der Waals surface area contributed by atoms with Crippen molar-refractivity contribution >= 4 is 32.1 Å². The predicted octanol–water partition coefficient (Wildman–Crippen LogP) is 5.18. The summed E-state index contributed by atoms with van der Waals surface area (Å²) in [5.74, 6) is 0.860. The number of hydrogen-bond acceptors (Lipinski definition) is 6. The first-order valence-electron chi connectivity index (χ1n) is 11.0. The fourth-order valence-corrected chi connectivity index (χ4v) is 7.14. The van der Waals surface area contributed by atoms with E-state index >= 15 is 0 Å². The minimum Gasteiger partial charge on any atom is -0.494 e. The summed E-state index contributed by atoms with van der Waals surface area (Å²) >= 11 is 1.36. The molecule has 1 aliphatic carbocycles. The number of carbonyl (C=O) groups excluding carboxylic acids is 1. The number of benzene rings is 2. The molecule has 0 unspecified atom stereocenters. The van der Waals surface area contributed by atoms with Crippen LogP contribution in [0.15, 0.2) is 58.3 Å². The summed E-state index contributed by atoms with van der Waals surface area (Å²) in [6.45, 7) is 4.17. The molecule has 0 radical (unpaired) electrons. The number of hydrogen-bond donors (Lipinski definition) is 1. The molecule has 1 aromatic heterocycles. The van der Waals surface area contributed by atoms with E-state index in [4.69, 9.17) is 9.47 Å². The van der Waals surface area contributed by atoms with Crippen LogP contribution in [-0.2, 0) is 27.5 Å². The number of anilines is 1. The molecule has 6 nitrogen and oxygen atoms in total. The van der Waals surface area contributed by atoms with Gasteiger partial charge in [-0.05, 0) is 81.5 Å². The standard InChI is InChI=1S/C25H27NO5S2/c1-3-30-18-10-12-19(13-11-18)31-16-23(27)26-25-24(21-6-4-5-7-22(21)32-25)33(28,29)20-14-8-17(2)9-15-20/h8-15H,3-7,16H2,1-2H3,(H,26,27). The van der Waals surface area contributed by atoms with E-state index in [1.165, 1.54) is 11.3 Å². The van der Waals surface area contributed by atoms with Crippen molar-refractivity contribution in [3.05, 3.63) is 64.5 Å². The maximum atomic E-state index is 13.6. The van der Waals surface area contributed by atoms with Crippen LogP contribution < -0.4 is 14.8 Å². The monoisotopic (exact) mass is 485 g/mol. The fraction of sp³-hybridized carbons (Fsp3) is 0.320. The summed E-state index contributed by atoms with van der Waals surface area (Å²) in [5, 5.41) is 3.19. The first kappa shape index (κ1) is 23.3. The summed E-state index contributed by atoms with van der Waals surface area (Å²) < 4.78 is 38.1. The van der Waals surface area contributed by atoms with Crippen LogP contribution in [0.5, 0.6) is 11.5 Å². The fourth-order valence-electron chi connectivity index (χ4n) is 3.85. The van der Waals surface area contributed by atoms with Crippen LogP contribution in [0, 0.1) is 6.92 Å². The number of fused-ring (bicyclic) bond motifs is 1. The lowest BCUT2D eigenvalue weighted by Crippen LogP contribution is -2.21. The Bertz CT molecular complexity index is 1230. The van der Waals surface area contributed by atoms with Crippen molar-refractivity contribution in [2.75, 3.05) is 18.5 Å². The van der Waals surface area contributed by atoms with Gasteiger partial charge in [0, 0.05) is 4.88 Å². The van der Waals surface area contributed by atoms with Gasteiger partial charge in [0.15, 0.2) is 6.61 Å². The van der Waals surface area contributed by atoms with Gasteiger partial charge in [-0.3, -0.25) is 4.79 Å². The van der Waals surface area contributed by atoms with Gasteiger partial charge in [0.2, 0.25) is 9.84 Å². The number of nitrogens with one attached hydrogen (secondary N) is 1. The average molecular weight is 486 g/mol. The van der Waals surface area contributed by atoms with Gasteiger partial charge in [-0.2, -0.15) is 0 Å². The second-order valence-electron chi connectivity index (χ2n) is 7.93. The number of sulfone groups is 1. The van der Waals surface area contributed by atoms with E-state index in [-0.39, 0.29) is 16.4 Å². The number of thiophene rings is 1. The zero-order valence-electron chi connectivity index (χ0n) is 18.7. The first-order chi connectivity index (χ1) is 15.9. The first-order valence-corrected chi connectivity index (χ1v) is 13.3. The molecular weight excluding hydrogens is 458 g/mol. The number of rotatable bonds is 8. The lowest BCUT2D eigenvalue weighted by Gasteiger charge is -2.14. The third-order valence-electron chi connectivity index (χ3n) is 5.48. The Morgan fingerprint density at radius 1 is 0.970 bits per heavy atom. The van der Waals surface area contributed by atoms with Gasteiger partial charge in [-0.15, -0.1) is 11.3 Å². The van der Waals surface area contributed by atoms with Gasteiger partial charge in [0.05, 0.1) is 11.5 Å². The highest BCUT2D eigenvalue weighted by Gasteiger charge is 2.31. The van der Waals surface area contributed by atoms with E-state index in [1.807, 2.05) is 13.8 Å². The molecule has 0 aliphatic heterocycles. The smallest absolute Gasteiger partial charge is 0.262 e. The Hall–Kier alpha value is -2.84. The van der Waals surface area contributed by atoms with Crippen molar-refractivity contribution in [2.24, 2.45) is 0 Å². The molecule has 8 heteroatoms. The Labute approximate surface area is 198 Å². The van der Waals surface area contributed by atoms with Crippen molar-refractivity contribution < 1.29 is 22.7 Å². The highest BCUT2D eigenvalue weighted by Crippen LogP contribution is 2.43. The summed E-state index contributed by atoms with van der Waals surface area (Å²) in [7, 11) is -3.77. The second kappa shape index (κ2) is 9.97. The van der Waals surface area contributed by atoms with Gasteiger partial charge in [0.25, 0.3) is 5.91 Å². The van der Waals surface area contributed by atoms with E-state index in [2.05, 4.69) is 5.32 Å². The molecule has 0 bridgehead atoms. The van der Waals surface area contributed by atoms with Gasteiger partial charge >= 0.3 is 0 Å². The Morgan fingerprint density at radius 3 is 2.27 bits per heavy atom. The van der Waals surface area contributed by atoms with Crippen molar-refractivity contribution in [1.29, 1.82) is 0 Å². The zero-order chi connectivity index (χ0) is 23.4. The number of ether oxygens (including phenoxy) is 2. The van der Waals surface area contributed by atoms with E-state index in [1.54, 1.807) is 48.5 Å². The van der Waals surface area contributed by atoms with Gasteiger partial charge in [0.1, 0.15) is 21.4 Å². The van der Waals surface area contributed by atoms with E-state index in [9.17, 15) is 13.2 Å². The Kier molecular flexibility index (Phi) is 7.05. The molecule has 0 spiro atoms. The summed E-state index contributed by atoms with van der Waals surface area (Å²) in [5.41, 5.74) is 1.83. The molecule has 4 rings (SSSR count). The van der Waals surface area contributed by atoms with E-state index in [0.29, 0.717) is 23.8 Å². The molecule has 0 atom stereocenters. The van der Waals surface area contributed by atoms with Crippen LogP contribution in [0.1, 0.15) is 35.8 Å². The molecule has 0 saturated carbocycles. The molecular formula is C25H27NO5S2. The summed E-state index contributed by atoms with van der Waals surface area (Å²) in [6.07, 6.45) is 3.49. The molecule has 1 heterocycles. The molecule has 1 amide bonds. The minimum atomic E-state index is -3.77. The lowest BCUT2D eigenvalue weighted by molar-refractivity contribution is -0.118. The van der Waals surface area contributed by atoms with Crippen LogP contribution in [0.25, 0.3) is 0 Å². The topological polar surface area (TPSA) is 81.7 Å². The highest BCUT2D eigenvalue weighted by molar-refractivity contribution is 7.92. The molecule has 0 fully saturated rings. The second-order valence-corrected chi connectivity index (χ2v) is 10.9. The quantitative estimate of drug-likeness (QED) is 0.475. The third kappa shape index (κ3) is 5.23. The van der Waals surface area contributed by atoms with Crippen LogP contribution in [-0.4, -0.2) is 27.5 Å². The van der Waals surface area contributed by atoms with Crippen LogP contribution in [0.4, 0.5) is 5.00 Å². The molecule has 3 aromatic rings. The minimum absolute atomic E-state index is 0.222. The normalized spacial score (nSPS) is 13.3. The number of aryl methyl sites for hydroxylation is 2. The van der Waals surface area contributed by atoms with E-state index in [0.717, 1.165) is 41.0 Å². The van der Waals surface area contributed by atoms with E-state index < -0.39 is 15.7 Å². The largest absolute Gasteiger partial charge is 0.494 e. The van der Waals surface area contributed by atoms with Crippen molar-refractivity contribution in [1.82, 2.24) is 0 Å². The van der Waals surface area contributed by atoms with Crippen molar-refractivity contribution in [2.45, 2.75) is 49.3 Å². The van der Waals surface area contributed by atoms with Crippen LogP contribution >= 0.6 is 11.3 Å². The Balaban J connectivity index is 1.55. The van der Waals surface area contributed by atoms with Crippen LogP contribution in [0.3, 0.4) is 0 Å². The SMILES string of the molecule is CCOc1ccc(OCC(=O)Nc2sc3c(c2S(=O)(=O)c2ccc(C)cc2)CCCC3)cc1. The molecule has 2 aromatic carbocycles. The molecule has 1 aliphatic rings. The van der Waals surface area contributed by atoms with Gasteiger partial charge in [-0.1, -0.05) is 17.7 Å². The molecule has 1 N–H and O–H groups in total. The summed E-state index contributed by atoms with van der Waals surface area (Å²) in [4.78, 5) is 14.2. The predicted molar refractivity (Wildman–Crippen MR) is 129 cm³/mol. The Morgan fingerprint density at radius 2 is 1.61 bits per heavy atom. The van der Waals surface area contributed by atoms with Gasteiger partial charge < -0.3 is 14.8 Å². The van der Waals surface area contributed by atoms with Crippen molar-refractivity contribution in [3.63, 3.8) is 0 Å². The van der Waals surface area contributed by atoms with Crippen LogP contribution in [0.2, 0.25) is 0 Å². The average Bonchev–Trinajstić information content (AvgIpc) is 3.17. The third-order valence-corrected chi connectivity index (χ3v) is 8.70. The maximum Gasteiger partial charge on any atom is 0.262 e. The zero-order valence-corrected chi connectivity index (χ0v) is 20.4. The lowest BCUT2D eigenvalue weighted by atomic mass is 9.99. The van der Waals surface area contributed by atoms with Crippen molar-refractivity contribution in [3.8, 4) is 11.5 Å². The maximum absolute atomic E-state index is 13.6. The molecule has 174 valence electrons. The number of amides is 1. The highest BCUT2D eigenvalue weighted by atomic mass is 32.2. The van der Waals surface area contributed by atoms with Gasteiger partial charge in [-0.25, -0.2) is 8.42 Å². The summed E-state index contributed by atoms with van der Waals surface area (Å²) in [6, 6.07) is 13.8. The molecule has 0 saturated heterocycles.